The van der Waals surface area contributed by atoms with Gasteiger partial charge in [-0.25, -0.2) is 0 Å². The van der Waals surface area contributed by atoms with Crippen LogP contribution < -0.4 is 5.73 Å². The van der Waals surface area contributed by atoms with Crippen molar-refractivity contribution in [3.8, 4) is 0 Å². The van der Waals surface area contributed by atoms with Crippen molar-refractivity contribution in [1.29, 1.82) is 0 Å². The van der Waals surface area contributed by atoms with E-state index in [-0.39, 0.29) is 6.10 Å². The normalized spacial score (nSPS) is 12.8. The van der Waals surface area contributed by atoms with Crippen molar-refractivity contribution in [2.45, 2.75) is 25.4 Å². The largest absolute Gasteiger partial charge is 0.392 e. The molecule has 1 rings (SSSR count). The van der Waals surface area contributed by atoms with Crippen LogP contribution in [-0.4, -0.2) is 17.8 Å². The van der Waals surface area contributed by atoms with Gasteiger partial charge in [0.2, 0.25) is 0 Å². The molecule has 0 amide bonds. The number of hydrogen-bond acceptors (Lipinski definition) is 2. The lowest BCUT2D eigenvalue weighted by molar-refractivity contribution is 0.170. The van der Waals surface area contributed by atoms with Gasteiger partial charge in [-0.3, -0.25) is 0 Å². The third kappa shape index (κ3) is 4.22. The second-order valence-electron chi connectivity index (χ2n) is 3.41. The van der Waals surface area contributed by atoms with E-state index < -0.39 is 0 Å². The fourth-order valence-corrected chi connectivity index (χ4v) is 1.80. The Labute approximate surface area is 93.3 Å². The Bertz CT molecular complexity index is 278. The first-order chi connectivity index (χ1) is 6.72. The number of halogens is 1. The SMILES string of the molecule is NCC(O)CCCc1cccc(Br)c1. The maximum atomic E-state index is 9.26. The van der Waals surface area contributed by atoms with Crippen LogP contribution in [0.15, 0.2) is 28.7 Å². The predicted molar refractivity (Wildman–Crippen MR) is 62.1 cm³/mol. The molecular formula is C11H16BrNO. The number of aliphatic hydroxyl groups excluding tert-OH is 1. The molecular weight excluding hydrogens is 242 g/mol. The van der Waals surface area contributed by atoms with E-state index in [9.17, 15) is 5.11 Å². The lowest BCUT2D eigenvalue weighted by Crippen LogP contribution is -2.19. The van der Waals surface area contributed by atoms with Gasteiger partial charge in [-0.2, -0.15) is 0 Å². The first kappa shape index (κ1) is 11.7. The molecule has 1 aromatic rings. The summed E-state index contributed by atoms with van der Waals surface area (Å²) in [5.41, 5.74) is 6.61. The van der Waals surface area contributed by atoms with Gasteiger partial charge in [-0.15, -0.1) is 0 Å². The molecule has 0 heterocycles. The molecule has 0 fully saturated rings. The van der Waals surface area contributed by atoms with E-state index in [0.717, 1.165) is 23.7 Å². The van der Waals surface area contributed by atoms with Crippen molar-refractivity contribution in [3.05, 3.63) is 34.3 Å². The van der Waals surface area contributed by atoms with E-state index in [1.54, 1.807) is 0 Å². The lowest BCUT2D eigenvalue weighted by Gasteiger charge is -2.07. The van der Waals surface area contributed by atoms with Crippen molar-refractivity contribution in [2.75, 3.05) is 6.54 Å². The van der Waals surface area contributed by atoms with Crippen molar-refractivity contribution < 1.29 is 5.11 Å². The van der Waals surface area contributed by atoms with Crippen LogP contribution in [0, 0.1) is 0 Å². The van der Waals surface area contributed by atoms with Crippen molar-refractivity contribution in [2.24, 2.45) is 5.73 Å². The topological polar surface area (TPSA) is 46.2 Å². The molecule has 0 aliphatic rings. The summed E-state index contributed by atoms with van der Waals surface area (Å²) in [4.78, 5) is 0. The molecule has 3 heteroatoms. The van der Waals surface area contributed by atoms with Crippen molar-refractivity contribution in [3.63, 3.8) is 0 Å². The first-order valence-corrected chi connectivity index (χ1v) is 5.64. The average Bonchev–Trinajstić information content (AvgIpc) is 2.17. The zero-order chi connectivity index (χ0) is 10.4. The Morgan fingerprint density at radius 1 is 1.43 bits per heavy atom. The maximum Gasteiger partial charge on any atom is 0.0662 e. The number of rotatable bonds is 5. The molecule has 1 aromatic carbocycles. The summed E-state index contributed by atoms with van der Waals surface area (Å²) >= 11 is 3.43. The minimum Gasteiger partial charge on any atom is -0.392 e. The minimum absolute atomic E-state index is 0.345. The molecule has 0 radical (unpaired) electrons. The molecule has 0 saturated heterocycles. The number of benzene rings is 1. The van der Waals surface area contributed by atoms with Gasteiger partial charge in [0.1, 0.15) is 0 Å². The highest BCUT2D eigenvalue weighted by Crippen LogP contribution is 2.13. The molecule has 1 atom stereocenters. The van der Waals surface area contributed by atoms with Crippen LogP contribution in [0.25, 0.3) is 0 Å². The van der Waals surface area contributed by atoms with Crippen LogP contribution in [0.2, 0.25) is 0 Å². The summed E-state index contributed by atoms with van der Waals surface area (Å²) in [5.74, 6) is 0. The average molecular weight is 258 g/mol. The molecule has 78 valence electrons. The van der Waals surface area contributed by atoms with Crippen LogP contribution in [0.1, 0.15) is 18.4 Å². The van der Waals surface area contributed by atoms with Gasteiger partial charge in [0.25, 0.3) is 0 Å². The van der Waals surface area contributed by atoms with Gasteiger partial charge in [0.15, 0.2) is 0 Å². The molecule has 0 spiro atoms. The van der Waals surface area contributed by atoms with Gasteiger partial charge in [0.05, 0.1) is 6.10 Å². The van der Waals surface area contributed by atoms with Crippen LogP contribution in [0.4, 0.5) is 0 Å². The Balaban J connectivity index is 2.31. The van der Waals surface area contributed by atoms with E-state index in [4.69, 9.17) is 5.73 Å². The molecule has 0 saturated carbocycles. The van der Waals surface area contributed by atoms with Crippen LogP contribution >= 0.6 is 15.9 Å². The van der Waals surface area contributed by atoms with Crippen LogP contribution in [-0.2, 0) is 6.42 Å². The van der Waals surface area contributed by atoms with Gasteiger partial charge in [0, 0.05) is 11.0 Å². The summed E-state index contributed by atoms with van der Waals surface area (Å²) in [5, 5.41) is 9.26. The predicted octanol–water partition coefficient (Wildman–Crippen LogP) is 2.09. The first-order valence-electron chi connectivity index (χ1n) is 4.85. The van der Waals surface area contributed by atoms with E-state index in [1.165, 1.54) is 5.56 Å². The van der Waals surface area contributed by atoms with Crippen LogP contribution in [0.5, 0.6) is 0 Å². The molecule has 1 unspecified atom stereocenters. The third-order valence-electron chi connectivity index (χ3n) is 2.16. The second-order valence-corrected chi connectivity index (χ2v) is 4.33. The Kier molecular flexibility index (Phi) is 5.15. The second kappa shape index (κ2) is 6.17. The Morgan fingerprint density at radius 2 is 2.21 bits per heavy atom. The zero-order valence-corrected chi connectivity index (χ0v) is 9.70. The summed E-state index contributed by atoms with van der Waals surface area (Å²) in [7, 11) is 0. The summed E-state index contributed by atoms with van der Waals surface area (Å²) in [6.07, 6.45) is 2.41. The number of nitrogens with two attached hydrogens (primary N) is 1. The smallest absolute Gasteiger partial charge is 0.0662 e. The standard InChI is InChI=1S/C11H16BrNO/c12-10-5-1-3-9(7-10)4-2-6-11(14)8-13/h1,3,5,7,11,14H,2,4,6,8,13H2. The zero-order valence-electron chi connectivity index (χ0n) is 8.12. The van der Waals surface area contributed by atoms with Gasteiger partial charge >= 0.3 is 0 Å². The molecule has 0 aromatic heterocycles. The number of aryl methyl sites for hydroxylation is 1. The van der Waals surface area contributed by atoms with E-state index in [1.807, 2.05) is 12.1 Å². The molecule has 3 N–H and O–H groups in total. The highest BCUT2D eigenvalue weighted by Gasteiger charge is 2.00. The Morgan fingerprint density at radius 3 is 2.86 bits per heavy atom. The van der Waals surface area contributed by atoms with Crippen molar-refractivity contribution >= 4 is 15.9 Å². The van der Waals surface area contributed by atoms with Crippen LogP contribution in [0.3, 0.4) is 0 Å². The number of aliphatic hydroxyl groups is 1. The number of hydrogen-bond donors (Lipinski definition) is 2. The van der Waals surface area contributed by atoms with Gasteiger partial charge in [-0.05, 0) is 37.0 Å². The minimum atomic E-state index is -0.345. The van der Waals surface area contributed by atoms with Gasteiger partial charge in [-0.1, -0.05) is 28.1 Å². The maximum absolute atomic E-state index is 9.26. The van der Waals surface area contributed by atoms with Gasteiger partial charge < -0.3 is 10.8 Å². The summed E-state index contributed by atoms with van der Waals surface area (Å²) in [6.45, 7) is 0.360. The fourth-order valence-electron chi connectivity index (χ4n) is 1.35. The van der Waals surface area contributed by atoms with Crippen molar-refractivity contribution in [1.82, 2.24) is 0 Å². The quantitative estimate of drug-likeness (QED) is 0.849. The van der Waals surface area contributed by atoms with E-state index in [2.05, 4.69) is 28.1 Å². The summed E-state index contributed by atoms with van der Waals surface area (Å²) < 4.78 is 1.11. The third-order valence-corrected chi connectivity index (χ3v) is 2.66. The molecule has 2 nitrogen and oxygen atoms in total. The molecule has 0 aliphatic carbocycles. The molecule has 14 heavy (non-hydrogen) atoms. The Hall–Kier alpha value is -0.380. The summed E-state index contributed by atoms with van der Waals surface area (Å²) in [6, 6.07) is 8.24. The highest BCUT2D eigenvalue weighted by atomic mass is 79.9. The molecule has 0 aliphatic heterocycles. The van der Waals surface area contributed by atoms with E-state index >= 15 is 0 Å². The lowest BCUT2D eigenvalue weighted by atomic mass is 10.1. The van der Waals surface area contributed by atoms with E-state index in [0.29, 0.717) is 6.54 Å². The highest BCUT2D eigenvalue weighted by molar-refractivity contribution is 9.10. The molecule has 0 bridgehead atoms. The fraction of sp³-hybridized carbons (Fsp3) is 0.455. The monoisotopic (exact) mass is 257 g/mol.